The Kier molecular flexibility index (Phi) is 8.42. The van der Waals surface area contributed by atoms with E-state index in [0.29, 0.717) is 37.6 Å². The highest BCUT2D eigenvalue weighted by Crippen LogP contribution is 2.36. The zero-order valence-corrected chi connectivity index (χ0v) is 22.5. The highest BCUT2D eigenvalue weighted by Gasteiger charge is 2.48. The van der Waals surface area contributed by atoms with Crippen molar-refractivity contribution in [1.29, 1.82) is 0 Å². The number of hydrogen-bond acceptors (Lipinski definition) is 7. The van der Waals surface area contributed by atoms with Crippen LogP contribution in [0.1, 0.15) is 22.9 Å². The van der Waals surface area contributed by atoms with Crippen molar-refractivity contribution in [3.63, 3.8) is 0 Å². The molecule has 2 aromatic heterocycles. The number of rotatable bonds is 11. The van der Waals surface area contributed by atoms with Crippen molar-refractivity contribution in [3.8, 4) is 0 Å². The van der Waals surface area contributed by atoms with Gasteiger partial charge in [0.1, 0.15) is 23.8 Å². The third-order valence-corrected chi connectivity index (χ3v) is 6.99. The van der Waals surface area contributed by atoms with Gasteiger partial charge in [-0.1, -0.05) is 91.0 Å². The van der Waals surface area contributed by atoms with E-state index in [1.165, 1.54) is 0 Å². The smallest absolute Gasteiger partial charge is 0.224 e. The predicted octanol–water partition coefficient (Wildman–Crippen LogP) is 5.76. The SMILES string of the molecule is Clc1ncc2ncn(C3O[C@@H](COCc4ccccc4)[C@H](OCc4ccccc4)[C@@H]3OCc3ccccc3)c2n1. The first-order valence-corrected chi connectivity index (χ1v) is 13.6. The fourth-order valence-electron chi connectivity index (χ4n) is 4.84. The Morgan fingerprint density at radius 1 is 0.725 bits per heavy atom. The van der Waals surface area contributed by atoms with Gasteiger partial charge in [-0.25, -0.2) is 9.97 Å². The summed E-state index contributed by atoms with van der Waals surface area (Å²) in [4.78, 5) is 13.0. The molecule has 4 atom stereocenters. The van der Waals surface area contributed by atoms with E-state index < -0.39 is 24.5 Å². The van der Waals surface area contributed by atoms with E-state index in [-0.39, 0.29) is 5.28 Å². The zero-order valence-electron chi connectivity index (χ0n) is 21.8. The Labute approximate surface area is 237 Å². The van der Waals surface area contributed by atoms with Gasteiger partial charge in [0.25, 0.3) is 0 Å². The van der Waals surface area contributed by atoms with Crippen LogP contribution in [-0.2, 0) is 38.8 Å². The van der Waals surface area contributed by atoms with Crippen molar-refractivity contribution < 1.29 is 18.9 Å². The van der Waals surface area contributed by atoms with Crippen LogP contribution in [0.15, 0.2) is 104 Å². The van der Waals surface area contributed by atoms with Crippen LogP contribution >= 0.6 is 11.6 Å². The molecule has 1 unspecified atom stereocenters. The van der Waals surface area contributed by atoms with Gasteiger partial charge in [0.05, 0.1) is 39.0 Å². The molecule has 8 nitrogen and oxygen atoms in total. The average molecular weight is 557 g/mol. The van der Waals surface area contributed by atoms with Gasteiger partial charge >= 0.3 is 0 Å². The van der Waals surface area contributed by atoms with E-state index in [1.807, 2.05) is 95.6 Å². The third kappa shape index (κ3) is 6.22. The standard InChI is InChI=1S/C31H29ClN4O4/c32-31-33-16-25-29(35-31)36(21-34-25)30-28(39-19-24-14-8-3-9-15-24)27(38-18-23-12-6-2-7-13-23)26(40-30)20-37-17-22-10-4-1-5-11-22/h1-16,21,26-28,30H,17-20H2/t26-,27-,28-,30?/m0/s1. The summed E-state index contributed by atoms with van der Waals surface area (Å²) in [6.45, 7) is 1.57. The predicted molar refractivity (Wildman–Crippen MR) is 150 cm³/mol. The van der Waals surface area contributed by atoms with E-state index in [0.717, 1.165) is 16.7 Å². The minimum atomic E-state index is -0.578. The zero-order chi connectivity index (χ0) is 27.1. The number of halogens is 1. The van der Waals surface area contributed by atoms with E-state index in [4.69, 9.17) is 30.5 Å². The van der Waals surface area contributed by atoms with Crippen molar-refractivity contribution in [2.75, 3.05) is 6.61 Å². The van der Waals surface area contributed by atoms with Crippen LogP contribution in [0.25, 0.3) is 11.2 Å². The van der Waals surface area contributed by atoms with Crippen molar-refractivity contribution in [1.82, 2.24) is 19.5 Å². The Bertz CT molecular complexity index is 1500. The molecule has 40 heavy (non-hydrogen) atoms. The molecule has 0 spiro atoms. The molecule has 3 aromatic carbocycles. The molecule has 0 radical (unpaired) electrons. The van der Waals surface area contributed by atoms with Crippen molar-refractivity contribution >= 4 is 22.8 Å². The molecule has 1 saturated heterocycles. The Balaban J connectivity index is 1.29. The lowest BCUT2D eigenvalue weighted by Gasteiger charge is -2.25. The van der Waals surface area contributed by atoms with Gasteiger partial charge in [-0.3, -0.25) is 4.57 Å². The Morgan fingerprint density at radius 2 is 1.30 bits per heavy atom. The minimum Gasteiger partial charge on any atom is -0.374 e. The largest absolute Gasteiger partial charge is 0.374 e. The van der Waals surface area contributed by atoms with Crippen LogP contribution in [0.4, 0.5) is 0 Å². The van der Waals surface area contributed by atoms with Gasteiger partial charge in [0.15, 0.2) is 11.9 Å². The van der Waals surface area contributed by atoms with E-state index in [2.05, 4.69) is 15.0 Å². The Morgan fingerprint density at radius 3 is 1.93 bits per heavy atom. The number of nitrogens with zero attached hydrogens (tertiary/aromatic N) is 4. The van der Waals surface area contributed by atoms with Crippen LogP contribution < -0.4 is 0 Å². The van der Waals surface area contributed by atoms with Crippen LogP contribution in [0.2, 0.25) is 5.28 Å². The normalized spacial score (nSPS) is 20.7. The van der Waals surface area contributed by atoms with E-state index in [9.17, 15) is 0 Å². The number of hydrogen-bond donors (Lipinski definition) is 0. The second-order valence-electron chi connectivity index (χ2n) is 9.59. The quantitative estimate of drug-likeness (QED) is 0.191. The molecule has 5 aromatic rings. The van der Waals surface area contributed by atoms with Crippen LogP contribution in [-0.4, -0.2) is 44.4 Å². The molecule has 0 bridgehead atoms. The van der Waals surface area contributed by atoms with Gasteiger partial charge in [-0.2, -0.15) is 4.98 Å². The lowest BCUT2D eigenvalue weighted by molar-refractivity contribution is -0.0913. The van der Waals surface area contributed by atoms with E-state index >= 15 is 0 Å². The molecule has 1 aliphatic heterocycles. The van der Waals surface area contributed by atoms with Gasteiger partial charge in [-0.15, -0.1) is 0 Å². The average Bonchev–Trinajstić information content (AvgIpc) is 3.57. The first-order valence-electron chi connectivity index (χ1n) is 13.2. The number of ether oxygens (including phenoxy) is 4. The second kappa shape index (κ2) is 12.7. The summed E-state index contributed by atoms with van der Waals surface area (Å²) in [5, 5.41) is 0.133. The maximum absolute atomic E-state index is 6.64. The maximum atomic E-state index is 6.64. The molecule has 204 valence electrons. The second-order valence-corrected chi connectivity index (χ2v) is 9.93. The molecule has 6 rings (SSSR count). The monoisotopic (exact) mass is 556 g/mol. The summed E-state index contributed by atoms with van der Waals surface area (Å²) < 4.78 is 27.7. The lowest BCUT2D eigenvalue weighted by atomic mass is 10.1. The molecule has 0 saturated carbocycles. The van der Waals surface area contributed by atoms with Crippen LogP contribution in [0.5, 0.6) is 0 Å². The summed E-state index contributed by atoms with van der Waals surface area (Å²) in [6, 6.07) is 30.1. The first-order chi connectivity index (χ1) is 19.7. The molecule has 1 aliphatic rings. The number of fused-ring (bicyclic) bond motifs is 1. The van der Waals surface area contributed by atoms with Gasteiger partial charge in [0, 0.05) is 0 Å². The summed E-state index contributed by atoms with van der Waals surface area (Å²) >= 11 is 6.15. The minimum absolute atomic E-state index is 0.133. The first kappa shape index (κ1) is 26.6. The fourth-order valence-corrected chi connectivity index (χ4v) is 4.97. The number of benzene rings is 3. The molecule has 1 fully saturated rings. The summed E-state index contributed by atoms with van der Waals surface area (Å²) in [5.41, 5.74) is 4.37. The third-order valence-electron chi connectivity index (χ3n) is 6.81. The van der Waals surface area contributed by atoms with Gasteiger partial charge in [-0.05, 0) is 28.3 Å². The topological polar surface area (TPSA) is 80.5 Å². The highest BCUT2D eigenvalue weighted by molar-refractivity contribution is 6.28. The van der Waals surface area contributed by atoms with Gasteiger partial charge < -0.3 is 18.9 Å². The Hall–Kier alpha value is -3.66. The van der Waals surface area contributed by atoms with Crippen LogP contribution in [0, 0.1) is 0 Å². The number of imidazole rings is 1. The summed E-state index contributed by atoms with van der Waals surface area (Å²) in [5.74, 6) is 0. The molecule has 3 heterocycles. The van der Waals surface area contributed by atoms with E-state index in [1.54, 1.807) is 12.5 Å². The van der Waals surface area contributed by atoms with Crippen LogP contribution in [0.3, 0.4) is 0 Å². The molecule has 9 heteroatoms. The fraction of sp³-hybridized carbons (Fsp3) is 0.258. The van der Waals surface area contributed by atoms with Crippen molar-refractivity contribution in [3.05, 3.63) is 125 Å². The molecular weight excluding hydrogens is 528 g/mol. The highest BCUT2D eigenvalue weighted by atomic mass is 35.5. The molecule has 0 aliphatic carbocycles. The summed E-state index contributed by atoms with van der Waals surface area (Å²) in [7, 11) is 0. The number of aromatic nitrogens is 4. The molecule has 0 N–H and O–H groups in total. The molecular formula is C31H29ClN4O4. The maximum Gasteiger partial charge on any atom is 0.224 e. The summed E-state index contributed by atoms with van der Waals surface area (Å²) in [6.07, 6.45) is 1.37. The van der Waals surface area contributed by atoms with Crippen molar-refractivity contribution in [2.24, 2.45) is 0 Å². The lowest BCUT2D eigenvalue weighted by Crippen LogP contribution is -2.38. The molecule has 0 amide bonds. The van der Waals surface area contributed by atoms with Gasteiger partial charge in [0.2, 0.25) is 5.28 Å². The van der Waals surface area contributed by atoms with Crippen molar-refractivity contribution in [2.45, 2.75) is 44.4 Å².